The number of hydrogen-bond donors (Lipinski definition) is 2. The van der Waals surface area contributed by atoms with E-state index in [0.29, 0.717) is 6.04 Å². The third-order valence-corrected chi connectivity index (χ3v) is 4.69. The van der Waals surface area contributed by atoms with Crippen LogP contribution in [0.4, 0.5) is 0 Å². The van der Waals surface area contributed by atoms with Gasteiger partial charge in [-0.1, -0.05) is 0 Å². The van der Waals surface area contributed by atoms with Gasteiger partial charge in [-0.05, 0) is 46.1 Å². The summed E-state index contributed by atoms with van der Waals surface area (Å²) in [6.45, 7) is 7.30. The molecular weight excluding hydrogens is 242 g/mol. The van der Waals surface area contributed by atoms with Crippen LogP contribution in [-0.2, 0) is 9.47 Å². The molecule has 2 saturated heterocycles. The van der Waals surface area contributed by atoms with Crippen LogP contribution in [0.2, 0.25) is 0 Å². The zero-order valence-corrected chi connectivity index (χ0v) is 12.5. The Morgan fingerprint density at radius 1 is 1.53 bits per heavy atom. The van der Waals surface area contributed by atoms with Gasteiger partial charge in [-0.25, -0.2) is 0 Å². The van der Waals surface area contributed by atoms with Crippen LogP contribution in [0.15, 0.2) is 0 Å². The lowest BCUT2D eigenvalue weighted by Crippen LogP contribution is -2.55. The largest absolute Gasteiger partial charge is 0.379 e. The first kappa shape index (κ1) is 15.2. The summed E-state index contributed by atoms with van der Waals surface area (Å²) >= 11 is 0. The lowest BCUT2D eigenvalue weighted by Gasteiger charge is -2.39. The van der Waals surface area contributed by atoms with Crippen LogP contribution in [-0.4, -0.2) is 55.5 Å². The van der Waals surface area contributed by atoms with E-state index in [1.807, 2.05) is 0 Å². The van der Waals surface area contributed by atoms with Gasteiger partial charge in [-0.2, -0.15) is 0 Å². The fraction of sp³-hybridized carbons (Fsp3) is 1.00. The fourth-order valence-electron chi connectivity index (χ4n) is 3.07. The third kappa shape index (κ3) is 3.89. The first-order valence-corrected chi connectivity index (χ1v) is 7.42. The lowest BCUT2D eigenvalue weighted by atomic mass is 9.95. The predicted molar refractivity (Wildman–Crippen MR) is 75.8 cm³/mol. The molecule has 2 fully saturated rings. The van der Waals surface area contributed by atoms with Gasteiger partial charge in [0, 0.05) is 25.7 Å². The molecule has 3 unspecified atom stereocenters. The number of rotatable bonds is 6. The first-order chi connectivity index (χ1) is 9.05. The van der Waals surface area contributed by atoms with Crippen LogP contribution >= 0.6 is 0 Å². The summed E-state index contributed by atoms with van der Waals surface area (Å²) in [6.07, 6.45) is 4.73. The van der Waals surface area contributed by atoms with Crippen LogP contribution in [0.1, 0.15) is 39.5 Å². The topological polar surface area (TPSA) is 59.8 Å². The Kier molecular flexibility index (Phi) is 5.20. The summed E-state index contributed by atoms with van der Waals surface area (Å²) in [4.78, 5) is 2.56. The quantitative estimate of drug-likeness (QED) is 0.555. The smallest absolute Gasteiger partial charge is 0.0868 e. The predicted octanol–water partition coefficient (Wildman–Crippen LogP) is 0.887. The monoisotopic (exact) mass is 271 g/mol. The Hall–Kier alpha value is -0.200. The second-order valence-electron chi connectivity index (χ2n) is 6.44. The number of hydrogen-bond acceptors (Lipinski definition) is 5. The molecule has 112 valence electrons. The third-order valence-electron chi connectivity index (χ3n) is 4.69. The summed E-state index contributed by atoms with van der Waals surface area (Å²) in [7, 11) is 1.76. The summed E-state index contributed by atoms with van der Waals surface area (Å²) in [5.74, 6) is 5.72. The van der Waals surface area contributed by atoms with E-state index in [2.05, 4.69) is 24.2 Å². The van der Waals surface area contributed by atoms with E-state index in [-0.39, 0.29) is 17.7 Å². The van der Waals surface area contributed by atoms with Crippen molar-refractivity contribution < 1.29 is 9.47 Å². The summed E-state index contributed by atoms with van der Waals surface area (Å²) in [5, 5.41) is 0. The van der Waals surface area contributed by atoms with Crippen LogP contribution in [0.25, 0.3) is 0 Å². The van der Waals surface area contributed by atoms with Crippen molar-refractivity contribution in [1.82, 2.24) is 10.3 Å². The maximum atomic E-state index is 6.02. The average Bonchev–Trinajstić information content (AvgIpc) is 2.87. The maximum Gasteiger partial charge on any atom is 0.0868 e. The van der Waals surface area contributed by atoms with Crippen LogP contribution < -0.4 is 11.3 Å². The molecule has 2 heterocycles. The number of hydrazine groups is 1. The molecule has 5 nitrogen and oxygen atoms in total. The molecule has 3 atom stereocenters. The molecule has 0 aliphatic carbocycles. The summed E-state index contributed by atoms with van der Waals surface area (Å²) in [5.41, 5.74) is 2.84. The number of nitrogens with zero attached hydrogens (tertiary/aromatic N) is 1. The van der Waals surface area contributed by atoms with Crippen molar-refractivity contribution in [2.45, 2.75) is 63.3 Å². The Morgan fingerprint density at radius 3 is 3.00 bits per heavy atom. The number of morpholine rings is 1. The van der Waals surface area contributed by atoms with Gasteiger partial charge in [0.15, 0.2) is 0 Å². The SMILES string of the molecule is COC(C)(C)CCC(NN)C1CN2CCCC2CO1. The van der Waals surface area contributed by atoms with E-state index in [0.717, 1.165) is 26.0 Å². The molecular formula is C14H29N3O2. The number of nitrogens with two attached hydrogens (primary N) is 1. The van der Waals surface area contributed by atoms with Crippen molar-refractivity contribution in [2.75, 3.05) is 26.8 Å². The lowest BCUT2D eigenvalue weighted by molar-refractivity contribution is -0.0699. The molecule has 19 heavy (non-hydrogen) atoms. The van der Waals surface area contributed by atoms with Crippen LogP contribution in [0.3, 0.4) is 0 Å². The van der Waals surface area contributed by atoms with Crippen molar-refractivity contribution in [2.24, 2.45) is 5.84 Å². The van der Waals surface area contributed by atoms with Gasteiger partial charge in [0.05, 0.1) is 18.3 Å². The standard InChI is InChI=1S/C14H29N3O2/c1-14(2,18-3)7-6-12(16-15)13-9-17-8-4-5-11(17)10-19-13/h11-13,16H,4-10,15H2,1-3H3. The minimum absolute atomic E-state index is 0.0973. The molecule has 0 amide bonds. The Morgan fingerprint density at radius 2 is 2.32 bits per heavy atom. The van der Waals surface area contributed by atoms with Gasteiger partial charge in [-0.3, -0.25) is 16.2 Å². The molecule has 0 spiro atoms. The molecule has 2 aliphatic rings. The van der Waals surface area contributed by atoms with Crippen molar-refractivity contribution in [3.05, 3.63) is 0 Å². The van der Waals surface area contributed by atoms with E-state index in [9.17, 15) is 0 Å². The first-order valence-electron chi connectivity index (χ1n) is 7.42. The van der Waals surface area contributed by atoms with Gasteiger partial charge in [0.1, 0.15) is 0 Å². The van der Waals surface area contributed by atoms with Gasteiger partial charge in [0.25, 0.3) is 0 Å². The minimum atomic E-state index is -0.0973. The fourth-order valence-corrected chi connectivity index (χ4v) is 3.07. The molecule has 0 saturated carbocycles. The van der Waals surface area contributed by atoms with E-state index >= 15 is 0 Å². The zero-order chi connectivity index (χ0) is 13.9. The maximum absolute atomic E-state index is 6.02. The highest BCUT2D eigenvalue weighted by Gasteiger charge is 2.35. The highest BCUT2D eigenvalue weighted by atomic mass is 16.5. The second-order valence-corrected chi connectivity index (χ2v) is 6.44. The zero-order valence-electron chi connectivity index (χ0n) is 12.5. The molecule has 2 aliphatic heterocycles. The highest BCUT2D eigenvalue weighted by molar-refractivity contribution is 4.90. The molecule has 3 N–H and O–H groups in total. The number of methoxy groups -OCH3 is 1. The summed E-state index contributed by atoms with van der Waals surface area (Å²) in [6, 6.07) is 0.848. The van der Waals surface area contributed by atoms with Gasteiger partial charge < -0.3 is 9.47 Å². The molecule has 0 aromatic carbocycles. The van der Waals surface area contributed by atoms with Crippen LogP contribution in [0.5, 0.6) is 0 Å². The Labute approximate surface area is 116 Å². The molecule has 0 radical (unpaired) electrons. The van der Waals surface area contributed by atoms with Gasteiger partial charge >= 0.3 is 0 Å². The van der Waals surface area contributed by atoms with E-state index in [4.69, 9.17) is 15.3 Å². The van der Waals surface area contributed by atoms with E-state index < -0.39 is 0 Å². The average molecular weight is 271 g/mol. The van der Waals surface area contributed by atoms with E-state index in [1.165, 1.54) is 19.4 Å². The Bertz CT molecular complexity index is 286. The van der Waals surface area contributed by atoms with Crippen LogP contribution in [0, 0.1) is 0 Å². The van der Waals surface area contributed by atoms with Crippen molar-refractivity contribution >= 4 is 0 Å². The highest BCUT2D eigenvalue weighted by Crippen LogP contribution is 2.26. The number of fused-ring (bicyclic) bond motifs is 1. The number of ether oxygens (including phenoxy) is 2. The molecule has 5 heteroatoms. The van der Waals surface area contributed by atoms with Gasteiger partial charge in [0.2, 0.25) is 0 Å². The van der Waals surface area contributed by atoms with Gasteiger partial charge in [-0.15, -0.1) is 0 Å². The molecule has 2 rings (SSSR count). The number of nitrogens with one attached hydrogen (secondary N) is 1. The molecule has 0 aromatic heterocycles. The summed E-state index contributed by atoms with van der Waals surface area (Å²) < 4.78 is 11.5. The minimum Gasteiger partial charge on any atom is -0.379 e. The Balaban J connectivity index is 1.84. The van der Waals surface area contributed by atoms with E-state index in [1.54, 1.807) is 7.11 Å². The normalized spacial score (nSPS) is 30.3. The van der Waals surface area contributed by atoms with Crippen molar-refractivity contribution in [3.8, 4) is 0 Å². The molecule has 0 aromatic rings. The second kappa shape index (κ2) is 6.50. The van der Waals surface area contributed by atoms with Crippen molar-refractivity contribution in [1.29, 1.82) is 0 Å². The molecule has 0 bridgehead atoms. The van der Waals surface area contributed by atoms with Crippen molar-refractivity contribution in [3.63, 3.8) is 0 Å².